The van der Waals surface area contributed by atoms with E-state index in [-0.39, 0.29) is 18.7 Å². The summed E-state index contributed by atoms with van der Waals surface area (Å²) in [5.41, 5.74) is 1.93. The minimum absolute atomic E-state index is 0.0366. The Morgan fingerprint density at radius 1 is 1.04 bits per heavy atom. The zero-order valence-corrected chi connectivity index (χ0v) is 15.6. The molecule has 0 aromatic heterocycles. The summed E-state index contributed by atoms with van der Waals surface area (Å²) in [5.74, 6) is -1.01. The van der Waals surface area contributed by atoms with Crippen molar-refractivity contribution in [2.24, 2.45) is 0 Å². The lowest BCUT2D eigenvalue weighted by Crippen LogP contribution is -2.32. The van der Waals surface area contributed by atoms with Crippen molar-refractivity contribution in [2.75, 3.05) is 17.0 Å². The molecule has 0 unspecified atom stereocenters. The monoisotopic (exact) mass is 392 g/mol. The molecule has 26 heavy (non-hydrogen) atoms. The molecule has 8 heteroatoms. The summed E-state index contributed by atoms with van der Waals surface area (Å²) in [6.45, 7) is 1.89. The molecule has 0 saturated carbocycles. The number of hydrogen-bond acceptors (Lipinski definition) is 4. The van der Waals surface area contributed by atoms with Crippen LogP contribution in [0.15, 0.2) is 42.5 Å². The van der Waals surface area contributed by atoms with Crippen LogP contribution in [0.5, 0.6) is 0 Å². The second-order valence-electron chi connectivity index (χ2n) is 6.07. The summed E-state index contributed by atoms with van der Waals surface area (Å²) in [6.07, 6.45) is 0.129. The highest BCUT2D eigenvalue weighted by Gasteiger charge is 2.34. The van der Waals surface area contributed by atoms with Gasteiger partial charge in [0.05, 0.1) is 27.6 Å². The normalized spacial score (nSPS) is 13.8. The van der Waals surface area contributed by atoms with Crippen molar-refractivity contribution in [2.45, 2.75) is 13.3 Å². The van der Waals surface area contributed by atoms with Gasteiger partial charge in [0.25, 0.3) is 11.8 Å². The van der Waals surface area contributed by atoms with Crippen LogP contribution < -0.4 is 4.72 Å². The van der Waals surface area contributed by atoms with Crippen molar-refractivity contribution in [3.05, 3.63) is 64.2 Å². The number of imide groups is 1. The van der Waals surface area contributed by atoms with E-state index in [2.05, 4.69) is 4.72 Å². The van der Waals surface area contributed by atoms with E-state index in [1.807, 2.05) is 6.92 Å². The maximum absolute atomic E-state index is 12.3. The Balaban J connectivity index is 1.61. The molecular formula is C18H17ClN2O4S. The molecule has 1 heterocycles. The van der Waals surface area contributed by atoms with Gasteiger partial charge in [-0.2, -0.15) is 0 Å². The molecule has 136 valence electrons. The average Bonchev–Trinajstić information content (AvgIpc) is 2.83. The van der Waals surface area contributed by atoms with Crippen LogP contribution in [-0.4, -0.2) is 37.4 Å². The van der Waals surface area contributed by atoms with Crippen LogP contribution in [0.2, 0.25) is 5.02 Å². The number of benzene rings is 2. The molecule has 0 saturated heterocycles. The van der Waals surface area contributed by atoms with Crippen LogP contribution in [0.25, 0.3) is 0 Å². The number of fused-ring (bicyclic) bond motifs is 1. The Hall–Kier alpha value is -2.38. The Bertz CT molecular complexity index is 953. The number of anilines is 1. The molecule has 1 aliphatic heterocycles. The Kier molecular flexibility index (Phi) is 5.02. The largest absolute Gasteiger partial charge is 0.282 e. The van der Waals surface area contributed by atoms with Crippen molar-refractivity contribution in [3.8, 4) is 0 Å². The second kappa shape index (κ2) is 7.09. The van der Waals surface area contributed by atoms with Crippen LogP contribution >= 0.6 is 11.6 Å². The third-order valence-corrected chi connectivity index (χ3v) is 5.73. The van der Waals surface area contributed by atoms with Crippen molar-refractivity contribution >= 4 is 39.1 Å². The number of nitrogens with zero attached hydrogens (tertiary/aromatic N) is 1. The Morgan fingerprint density at radius 2 is 1.65 bits per heavy atom. The lowest BCUT2D eigenvalue weighted by molar-refractivity contribution is 0.0654. The van der Waals surface area contributed by atoms with Gasteiger partial charge >= 0.3 is 0 Å². The van der Waals surface area contributed by atoms with E-state index in [0.717, 1.165) is 10.5 Å². The van der Waals surface area contributed by atoms with Gasteiger partial charge in [0.15, 0.2) is 0 Å². The number of halogens is 1. The van der Waals surface area contributed by atoms with Crippen molar-refractivity contribution in [1.82, 2.24) is 4.90 Å². The lowest BCUT2D eigenvalue weighted by Gasteiger charge is -2.14. The zero-order chi connectivity index (χ0) is 18.9. The predicted molar refractivity (Wildman–Crippen MR) is 100 cm³/mol. The third-order valence-electron chi connectivity index (χ3n) is 4.06. The van der Waals surface area contributed by atoms with Crippen molar-refractivity contribution in [3.63, 3.8) is 0 Å². The summed E-state index contributed by atoms with van der Waals surface area (Å²) < 4.78 is 26.9. The number of rotatable bonds is 6. The molecule has 2 amide bonds. The Labute approximate surface area is 156 Å². The molecule has 0 aliphatic carbocycles. The molecule has 2 aromatic rings. The molecule has 1 N–H and O–H groups in total. The first-order valence-corrected chi connectivity index (χ1v) is 10.0. The first kappa shape index (κ1) is 18.4. The van der Waals surface area contributed by atoms with Gasteiger partial charge in [-0.05, 0) is 43.2 Å². The van der Waals surface area contributed by atoms with E-state index >= 15 is 0 Å². The fourth-order valence-electron chi connectivity index (χ4n) is 2.78. The van der Waals surface area contributed by atoms with Gasteiger partial charge in [-0.15, -0.1) is 0 Å². The Morgan fingerprint density at radius 3 is 2.23 bits per heavy atom. The van der Waals surface area contributed by atoms with Gasteiger partial charge in [0, 0.05) is 6.54 Å². The first-order valence-electron chi connectivity index (χ1n) is 8.00. The topological polar surface area (TPSA) is 83.6 Å². The smallest absolute Gasteiger partial charge is 0.261 e. The number of carbonyl (C=O) groups excluding carboxylic acids is 2. The molecule has 2 aromatic carbocycles. The quantitative estimate of drug-likeness (QED) is 0.766. The van der Waals surface area contributed by atoms with Gasteiger partial charge in [0.1, 0.15) is 0 Å². The average molecular weight is 393 g/mol. The number of amides is 2. The second-order valence-corrected chi connectivity index (χ2v) is 8.31. The summed E-state index contributed by atoms with van der Waals surface area (Å²) in [6, 6.07) is 11.6. The number of carbonyl (C=O) groups is 2. The number of sulfonamides is 1. The van der Waals surface area contributed by atoms with Crippen LogP contribution in [-0.2, 0) is 10.0 Å². The van der Waals surface area contributed by atoms with E-state index in [0.29, 0.717) is 21.8 Å². The molecule has 3 rings (SSSR count). The highest BCUT2D eigenvalue weighted by Crippen LogP contribution is 2.25. The highest BCUT2D eigenvalue weighted by atomic mass is 35.5. The fourth-order valence-corrected chi connectivity index (χ4v) is 4.24. The maximum atomic E-state index is 12.3. The predicted octanol–water partition coefficient (Wildman–Crippen LogP) is 3.08. The molecule has 0 fully saturated rings. The van der Waals surface area contributed by atoms with Gasteiger partial charge in [0.2, 0.25) is 10.0 Å². The van der Waals surface area contributed by atoms with E-state index < -0.39 is 21.8 Å². The molecule has 0 bridgehead atoms. The summed E-state index contributed by atoms with van der Waals surface area (Å²) in [5, 5.41) is 0.314. The molecule has 6 nitrogen and oxygen atoms in total. The molecule has 1 aliphatic rings. The van der Waals surface area contributed by atoms with E-state index in [1.54, 1.807) is 42.5 Å². The van der Waals surface area contributed by atoms with Crippen LogP contribution in [0.3, 0.4) is 0 Å². The van der Waals surface area contributed by atoms with Gasteiger partial charge in [-0.3, -0.25) is 19.2 Å². The number of nitrogens with one attached hydrogen (secondary N) is 1. The SMILES string of the molecule is Cc1ccc(NS(=O)(=O)CCCN2C(=O)c3ccccc3C2=O)c(Cl)c1. The van der Waals surface area contributed by atoms with Gasteiger partial charge in [-0.1, -0.05) is 29.8 Å². The van der Waals surface area contributed by atoms with Crippen LogP contribution in [0.4, 0.5) is 5.69 Å². The van der Waals surface area contributed by atoms with E-state index in [9.17, 15) is 18.0 Å². The van der Waals surface area contributed by atoms with Crippen LogP contribution in [0, 0.1) is 6.92 Å². The third kappa shape index (κ3) is 3.73. The van der Waals surface area contributed by atoms with Gasteiger partial charge < -0.3 is 0 Å². The highest BCUT2D eigenvalue weighted by molar-refractivity contribution is 7.92. The summed E-state index contributed by atoms with van der Waals surface area (Å²) >= 11 is 6.04. The zero-order valence-electron chi connectivity index (χ0n) is 14.0. The molecular weight excluding hydrogens is 376 g/mol. The molecule has 0 atom stereocenters. The fraction of sp³-hybridized carbons (Fsp3) is 0.222. The number of hydrogen-bond donors (Lipinski definition) is 1. The first-order chi connectivity index (χ1) is 12.3. The standard InChI is InChI=1S/C18H17ClN2O4S/c1-12-7-8-16(15(19)11-12)20-26(24,25)10-4-9-21-17(22)13-5-2-3-6-14(13)18(21)23/h2-3,5-8,11,20H,4,9-10H2,1H3. The summed E-state index contributed by atoms with van der Waals surface area (Å²) in [7, 11) is -3.65. The molecule has 0 radical (unpaired) electrons. The maximum Gasteiger partial charge on any atom is 0.261 e. The summed E-state index contributed by atoms with van der Waals surface area (Å²) in [4.78, 5) is 25.6. The lowest BCUT2D eigenvalue weighted by atomic mass is 10.1. The number of aryl methyl sites for hydroxylation is 1. The van der Waals surface area contributed by atoms with E-state index in [4.69, 9.17) is 11.6 Å². The van der Waals surface area contributed by atoms with Gasteiger partial charge in [-0.25, -0.2) is 8.42 Å². The van der Waals surface area contributed by atoms with E-state index in [1.165, 1.54) is 0 Å². The van der Waals surface area contributed by atoms with Crippen molar-refractivity contribution in [1.29, 1.82) is 0 Å². The van der Waals surface area contributed by atoms with Crippen LogP contribution in [0.1, 0.15) is 32.7 Å². The molecule has 0 spiro atoms. The minimum atomic E-state index is -3.65. The minimum Gasteiger partial charge on any atom is -0.282 e. The van der Waals surface area contributed by atoms with Crippen molar-refractivity contribution < 1.29 is 18.0 Å².